The van der Waals surface area contributed by atoms with E-state index in [-0.39, 0.29) is 5.91 Å². The Bertz CT molecular complexity index is 844. The molecule has 1 saturated carbocycles. The molecule has 0 atom stereocenters. The average molecular weight is 305 g/mol. The highest BCUT2D eigenvalue weighted by molar-refractivity contribution is 6.09. The Hall–Kier alpha value is -3.08. The number of benzene rings is 1. The van der Waals surface area contributed by atoms with E-state index in [2.05, 4.69) is 10.7 Å². The number of para-hydroxylation sites is 1. The molecule has 0 aromatic heterocycles. The number of hydrogen-bond donors (Lipinski definition) is 2. The van der Waals surface area contributed by atoms with Crippen molar-refractivity contribution in [3.8, 4) is 0 Å². The minimum absolute atomic E-state index is 0.367. The van der Waals surface area contributed by atoms with Crippen LogP contribution >= 0.6 is 0 Å². The fraction of sp³-hybridized carbons (Fsp3) is 0.111. The van der Waals surface area contributed by atoms with Crippen LogP contribution < -0.4 is 10.7 Å². The number of rotatable bonds is 3. The van der Waals surface area contributed by atoms with Crippen molar-refractivity contribution < 1.29 is 9.59 Å². The predicted octanol–water partition coefficient (Wildman–Crippen LogP) is 2.69. The highest BCUT2D eigenvalue weighted by atomic mass is 16.2. The monoisotopic (exact) mass is 305 g/mol. The summed E-state index contributed by atoms with van der Waals surface area (Å²) in [6.07, 6.45) is 6.81. The van der Waals surface area contributed by atoms with Crippen molar-refractivity contribution in [1.82, 2.24) is 10.3 Å². The molecule has 0 spiro atoms. The molecule has 4 rings (SSSR count). The van der Waals surface area contributed by atoms with Crippen molar-refractivity contribution in [3.63, 3.8) is 0 Å². The number of nitrogens with one attached hydrogen (secondary N) is 2. The molecule has 3 aliphatic carbocycles. The first-order valence-corrected chi connectivity index (χ1v) is 7.43. The summed E-state index contributed by atoms with van der Waals surface area (Å²) in [5.74, 6) is -0.367. The van der Waals surface area contributed by atoms with Gasteiger partial charge in [0.05, 0.1) is 5.69 Å². The van der Waals surface area contributed by atoms with Crippen molar-refractivity contribution >= 4 is 17.6 Å². The van der Waals surface area contributed by atoms with Gasteiger partial charge in [0, 0.05) is 12.6 Å². The number of nitrogens with zero attached hydrogens (tertiary/aromatic N) is 1. The Morgan fingerprint density at radius 2 is 1.87 bits per heavy atom. The summed E-state index contributed by atoms with van der Waals surface area (Å²) >= 11 is 0. The molecular formula is C18H15N3O2. The summed E-state index contributed by atoms with van der Waals surface area (Å²) in [7, 11) is 1.50. The number of carbonyl (C=O) groups is 2. The molecule has 114 valence electrons. The van der Waals surface area contributed by atoms with Crippen LogP contribution in [0.4, 0.5) is 10.5 Å². The number of anilines is 1. The van der Waals surface area contributed by atoms with Gasteiger partial charge in [0.25, 0.3) is 5.91 Å². The number of carbonyl (C=O) groups excluding carboxylic acids is 2. The van der Waals surface area contributed by atoms with E-state index < -0.39 is 6.03 Å². The number of amides is 3. The number of urea groups is 1. The van der Waals surface area contributed by atoms with Crippen molar-refractivity contribution in [3.05, 3.63) is 76.4 Å². The quantitative estimate of drug-likeness (QED) is 0.844. The lowest BCUT2D eigenvalue weighted by Crippen LogP contribution is -2.46. The van der Waals surface area contributed by atoms with Gasteiger partial charge in [-0.2, -0.15) is 5.01 Å². The van der Waals surface area contributed by atoms with Crippen molar-refractivity contribution in [2.75, 3.05) is 12.5 Å². The van der Waals surface area contributed by atoms with Crippen molar-refractivity contribution in [2.45, 2.75) is 6.42 Å². The first-order chi connectivity index (χ1) is 11.2. The summed E-state index contributed by atoms with van der Waals surface area (Å²) in [6, 6.07) is 8.64. The Morgan fingerprint density at radius 1 is 1.09 bits per heavy atom. The zero-order valence-electron chi connectivity index (χ0n) is 12.6. The minimum atomic E-state index is -0.503. The predicted molar refractivity (Wildman–Crippen MR) is 87.3 cm³/mol. The van der Waals surface area contributed by atoms with Gasteiger partial charge in [-0.25, -0.2) is 4.79 Å². The second kappa shape index (κ2) is 4.98. The van der Waals surface area contributed by atoms with Crippen molar-refractivity contribution in [1.29, 1.82) is 0 Å². The average Bonchev–Trinajstić information content (AvgIpc) is 3.06. The SMILES string of the molecule is CNC(=O)N(Nc1ccccc1)C(=O)C1=C2C=C3CC3=C2C=C1. The van der Waals surface area contributed by atoms with Gasteiger partial charge in [0.1, 0.15) is 0 Å². The smallest absolute Gasteiger partial charge is 0.339 e. The molecule has 3 amide bonds. The summed E-state index contributed by atoms with van der Waals surface area (Å²) < 4.78 is 0. The third-order valence-electron chi connectivity index (χ3n) is 4.14. The molecule has 0 aliphatic heterocycles. The van der Waals surface area contributed by atoms with Crippen LogP contribution in [-0.2, 0) is 4.79 Å². The molecule has 2 N–H and O–H groups in total. The fourth-order valence-electron chi connectivity index (χ4n) is 2.89. The standard InChI is InChI=1S/C18H15N3O2/c1-19-18(23)21(20-12-5-3-2-4-6-12)17(22)14-8-7-13-15-9-11(15)10-16(13)14/h2-8,10,20H,9H2,1H3,(H,19,23). The maximum absolute atomic E-state index is 12.9. The maximum atomic E-state index is 12.9. The van der Waals surface area contributed by atoms with E-state index in [4.69, 9.17) is 0 Å². The molecule has 1 aromatic carbocycles. The highest BCUT2D eigenvalue weighted by Crippen LogP contribution is 2.51. The molecular weight excluding hydrogens is 290 g/mol. The van der Waals surface area contributed by atoms with Gasteiger partial charge >= 0.3 is 6.03 Å². The third-order valence-corrected chi connectivity index (χ3v) is 4.14. The van der Waals surface area contributed by atoms with Gasteiger partial charge in [-0.1, -0.05) is 24.3 Å². The number of allylic oxidation sites excluding steroid dienone is 6. The van der Waals surface area contributed by atoms with Crippen LogP contribution in [0, 0.1) is 0 Å². The van der Waals surface area contributed by atoms with E-state index in [9.17, 15) is 9.59 Å². The first kappa shape index (κ1) is 13.6. The van der Waals surface area contributed by atoms with Crippen LogP contribution in [0.3, 0.4) is 0 Å². The fourth-order valence-corrected chi connectivity index (χ4v) is 2.89. The molecule has 5 heteroatoms. The van der Waals surface area contributed by atoms with E-state index >= 15 is 0 Å². The first-order valence-electron chi connectivity index (χ1n) is 7.43. The Balaban J connectivity index is 1.65. The van der Waals surface area contributed by atoms with Gasteiger partial charge in [0.15, 0.2) is 0 Å². The number of hydrogen-bond acceptors (Lipinski definition) is 3. The molecule has 0 radical (unpaired) electrons. The molecule has 0 saturated heterocycles. The zero-order valence-corrected chi connectivity index (χ0v) is 12.6. The van der Waals surface area contributed by atoms with Gasteiger partial charge < -0.3 is 5.32 Å². The normalized spacial score (nSPS) is 16.8. The lowest BCUT2D eigenvalue weighted by molar-refractivity contribution is -0.123. The molecule has 23 heavy (non-hydrogen) atoms. The molecule has 1 fully saturated rings. The summed E-state index contributed by atoms with van der Waals surface area (Å²) in [6.45, 7) is 0. The van der Waals surface area contributed by atoms with Crippen LogP contribution in [0.5, 0.6) is 0 Å². The second-order valence-corrected chi connectivity index (χ2v) is 5.57. The lowest BCUT2D eigenvalue weighted by atomic mass is 10.1. The summed E-state index contributed by atoms with van der Waals surface area (Å²) in [5.41, 5.74) is 8.76. The number of hydrazine groups is 1. The molecule has 0 unspecified atom stereocenters. The molecule has 1 aromatic rings. The Labute approximate surface area is 133 Å². The van der Waals surface area contributed by atoms with Gasteiger partial charge in [0.2, 0.25) is 0 Å². The zero-order chi connectivity index (χ0) is 16.0. The van der Waals surface area contributed by atoms with Gasteiger partial charge in [-0.3, -0.25) is 10.2 Å². The maximum Gasteiger partial charge on any atom is 0.343 e. The summed E-state index contributed by atoms with van der Waals surface area (Å²) in [4.78, 5) is 25.0. The molecule has 0 heterocycles. The van der Waals surface area contributed by atoms with E-state index in [1.54, 1.807) is 18.2 Å². The van der Waals surface area contributed by atoms with Crippen LogP contribution in [-0.4, -0.2) is 24.0 Å². The third kappa shape index (κ3) is 2.17. The number of fused-ring (bicyclic) bond motifs is 2. The van der Waals surface area contributed by atoms with Crippen molar-refractivity contribution in [2.24, 2.45) is 0 Å². The van der Waals surface area contributed by atoms with Crippen LogP contribution in [0.25, 0.3) is 0 Å². The summed E-state index contributed by atoms with van der Waals surface area (Å²) in [5, 5.41) is 3.51. The Morgan fingerprint density at radius 3 is 2.61 bits per heavy atom. The van der Waals surface area contributed by atoms with Gasteiger partial charge in [-0.05, 0) is 53.0 Å². The molecule has 3 aliphatic rings. The molecule has 0 bridgehead atoms. The second-order valence-electron chi connectivity index (χ2n) is 5.57. The molecule has 5 nitrogen and oxygen atoms in total. The highest BCUT2D eigenvalue weighted by Gasteiger charge is 2.37. The largest absolute Gasteiger partial charge is 0.343 e. The van der Waals surface area contributed by atoms with Crippen LogP contribution in [0.1, 0.15) is 6.42 Å². The van der Waals surface area contributed by atoms with E-state index in [0.717, 1.165) is 22.6 Å². The topological polar surface area (TPSA) is 61.4 Å². The lowest BCUT2D eigenvalue weighted by Gasteiger charge is -2.22. The Kier molecular flexibility index (Phi) is 2.94. The van der Waals surface area contributed by atoms with E-state index in [1.807, 2.05) is 30.4 Å². The van der Waals surface area contributed by atoms with E-state index in [0.29, 0.717) is 11.3 Å². The number of imide groups is 1. The van der Waals surface area contributed by atoms with Crippen LogP contribution in [0.2, 0.25) is 0 Å². The van der Waals surface area contributed by atoms with E-state index in [1.165, 1.54) is 18.2 Å². The minimum Gasteiger partial charge on any atom is -0.339 e. The van der Waals surface area contributed by atoms with Crippen LogP contribution in [0.15, 0.2) is 76.4 Å². The van der Waals surface area contributed by atoms with Gasteiger partial charge in [-0.15, -0.1) is 0 Å².